The molecule has 5 nitrogen and oxygen atoms in total. The van der Waals surface area contributed by atoms with E-state index in [9.17, 15) is 0 Å². The highest BCUT2D eigenvalue weighted by molar-refractivity contribution is 5.61. The average Bonchev–Trinajstić information content (AvgIpc) is 2.56. The average molecular weight is 269 g/mol. The van der Waals surface area contributed by atoms with Crippen molar-refractivity contribution in [2.24, 2.45) is 0 Å². The lowest BCUT2D eigenvalue weighted by Gasteiger charge is -2.22. The standard InChI is InChI=1S/C15H19N5/c1-16-14-8-13(11-4-2-6-17-9-11)19-15(20-14)12-5-3-7-18-10-12/h2,4,6,8-9,12,18H,3,5,7,10H2,1H3,(H,16,19,20). The number of anilines is 1. The van der Waals surface area contributed by atoms with Crippen LogP contribution in [-0.4, -0.2) is 35.1 Å². The first-order chi connectivity index (χ1) is 9.86. The zero-order chi connectivity index (χ0) is 13.8. The first kappa shape index (κ1) is 13.0. The Morgan fingerprint density at radius 1 is 1.35 bits per heavy atom. The number of nitrogens with one attached hydrogen (secondary N) is 2. The number of aromatic nitrogens is 3. The second-order valence-electron chi connectivity index (χ2n) is 5.03. The van der Waals surface area contributed by atoms with E-state index < -0.39 is 0 Å². The molecule has 3 rings (SSSR count). The molecular formula is C15H19N5. The van der Waals surface area contributed by atoms with Gasteiger partial charge < -0.3 is 10.6 Å². The van der Waals surface area contributed by atoms with Crippen LogP contribution in [-0.2, 0) is 0 Å². The van der Waals surface area contributed by atoms with E-state index in [0.717, 1.165) is 42.4 Å². The fourth-order valence-electron chi connectivity index (χ4n) is 2.51. The Bertz CT molecular complexity index is 564. The molecule has 1 saturated heterocycles. The summed E-state index contributed by atoms with van der Waals surface area (Å²) in [6, 6.07) is 5.92. The van der Waals surface area contributed by atoms with Gasteiger partial charge in [0.2, 0.25) is 0 Å². The molecule has 0 amide bonds. The van der Waals surface area contributed by atoms with Gasteiger partial charge in [-0.05, 0) is 31.5 Å². The molecule has 2 aromatic rings. The van der Waals surface area contributed by atoms with Crippen molar-refractivity contribution < 1.29 is 0 Å². The van der Waals surface area contributed by atoms with Crippen LogP contribution in [0.3, 0.4) is 0 Å². The third-order valence-corrected chi connectivity index (χ3v) is 3.62. The molecule has 0 bridgehead atoms. The molecular weight excluding hydrogens is 250 g/mol. The van der Waals surface area contributed by atoms with Crippen LogP contribution in [0.4, 0.5) is 5.82 Å². The summed E-state index contributed by atoms with van der Waals surface area (Å²) in [6.45, 7) is 2.05. The van der Waals surface area contributed by atoms with Crippen LogP contribution < -0.4 is 10.6 Å². The van der Waals surface area contributed by atoms with Crippen LogP contribution in [0.25, 0.3) is 11.3 Å². The molecule has 1 aliphatic heterocycles. The summed E-state index contributed by atoms with van der Waals surface area (Å²) >= 11 is 0. The van der Waals surface area contributed by atoms with Gasteiger partial charge in [-0.3, -0.25) is 4.98 Å². The zero-order valence-electron chi connectivity index (χ0n) is 11.6. The highest BCUT2D eigenvalue weighted by Gasteiger charge is 2.19. The second kappa shape index (κ2) is 5.96. The third-order valence-electron chi connectivity index (χ3n) is 3.62. The smallest absolute Gasteiger partial charge is 0.135 e. The largest absolute Gasteiger partial charge is 0.373 e. The minimum Gasteiger partial charge on any atom is -0.373 e. The van der Waals surface area contributed by atoms with Gasteiger partial charge in [-0.1, -0.05) is 0 Å². The summed E-state index contributed by atoms with van der Waals surface area (Å²) in [5.74, 6) is 2.18. The Morgan fingerprint density at radius 2 is 2.30 bits per heavy atom. The van der Waals surface area contributed by atoms with Gasteiger partial charge in [-0.2, -0.15) is 0 Å². The van der Waals surface area contributed by atoms with Gasteiger partial charge in [-0.15, -0.1) is 0 Å². The van der Waals surface area contributed by atoms with Crippen molar-refractivity contribution in [3.05, 3.63) is 36.4 Å². The monoisotopic (exact) mass is 269 g/mol. The molecule has 1 atom stereocenters. The van der Waals surface area contributed by atoms with Gasteiger partial charge in [0.15, 0.2) is 0 Å². The normalized spacial score (nSPS) is 18.8. The summed E-state index contributed by atoms with van der Waals surface area (Å²) in [4.78, 5) is 13.5. The van der Waals surface area contributed by atoms with Gasteiger partial charge in [0, 0.05) is 43.5 Å². The Balaban J connectivity index is 1.98. The van der Waals surface area contributed by atoms with E-state index >= 15 is 0 Å². The summed E-state index contributed by atoms with van der Waals surface area (Å²) in [5.41, 5.74) is 1.95. The summed E-state index contributed by atoms with van der Waals surface area (Å²) in [5, 5.41) is 6.54. The van der Waals surface area contributed by atoms with Gasteiger partial charge in [0.25, 0.3) is 0 Å². The maximum Gasteiger partial charge on any atom is 0.135 e. The molecule has 20 heavy (non-hydrogen) atoms. The predicted molar refractivity (Wildman–Crippen MR) is 79.7 cm³/mol. The van der Waals surface area contributed by atoms with Crippen molar-refractivity contribution in [1.82, 2.24) is 20.3 Å². The maximum absolute atomic E-state index is 4.74. The summed E-state index contributed by atoms with van der Waals surface area (Å²) < 4.78 is 0. The van der Waals surface area contributed by atoms with Crippen LogP contribution in [0.2, 0.25) is 0 Å². The fourth-order valence-corrected chi connectivity index (χ4v) is 2.51. The van der Waals surface area contributed by atoms with Gasteiger partial charge in [-0.25, -0.2) is 9.97 Å². The SMILES string of the molecule is CNc1cc(-c2cccnc2)nc(C2CCCNC2)n1. The van der Waals surface area contributed by atoms with E-state index in [0.29, 0.717) is 5.92 Å². The first-order valence-electron chi connectivity index (χ1n) is 7.04. The Hall–Kier alpha value is -2.01. The maximum atomic E-state index is 4.74. The van der Waals surface area contributed by atoms with Crippen molar-refractivity contribution >= 4 is 5.82 Å². The molecule has 2 aromatic heterocycles. The molecule has 5 heteroatoms. The number of pyridine rings is 1. The molecule has 0 saturated carbocycles. The molecule has 2 N–H and O–H groups in total. The van der Waals surface area contributed by atoms with Crippen molar-refractivity contribution in [1.29, 1.82) is 0 Å². The number of hydrogen-bond donors (Lipinski definition) is 2. The molecule has 3 heterocycles. The Morgan fingerprint density at radius 3 is 3.00 bits per heavy atom. The number of rotatable bonds is 3. The third kappa shape index (κ3) is 2.77. The van der Waals surface area contributed by atoms with Crippen molar-refractivity contribution in [3.8, 4) is 11.3 Å². The van der Waals surface area contributed by atoms with Crippen molar-refractivity contribution in [3.63, 3.8) is 0 Å². The molecule has 0 aliphatic carbocycles. The van der Waals surface area contributed by atoms with Gasteiger partial charge in [0.1, 0.15) is 11.6 Å². The lowest BCUT2D eigenvalue weighted by atomic mass is 9.98. The van der Waals surface area contributed by atoms with E-state index in [1.807, 2.05) is 31.4 Å². The van der Waals surface area contributed by atoms with Gasteiger partial charge in [0.05, 0.1) is 5.69 Å². The summed E-state index contributed by atoms with van der Waals surface area (Å²) in [6.07, 6.45) is 5.94. The van der Waals surface area contributed by atoms with Crippen LogP contribution in [0.15, 0.2) is 30.6 Å². The van der Waals surface area contributed by atoms with Crippen LogP contribution in [0.1, 0.15) is 24.6 Å². The van der Waals surface area contributed by atoms with E-state index in [2.05, 4.69) is 20.6 Å². The number of piperidine rings is 1. The molecule has 104 valence electrons. The molecule has 0 aromatic carbocycles. The fraction of sp³-hybridized carbons (Fsp3) is 0.400. The van der Waals surface area contributed by atoms with Crippen LogP contribution >= 0.6 is 0 Å². The number of nitrogens with zero attached hydrogens (tertiary/aromatic N) is 3. The highest BCUT2D eigenvalue weighted by atomic mass is 15.0. The van der Waals surface area contributed by atoms with E-state index in [-0.39, 0.29) is 0 Å². The van der Waals surface area contributed by atoms with Crippen molar-refractivity contribution in [2.45, 2.75) is 18.8 Å². The van der Waals surface area contributed by atoms with Crippen LogP contribution in [0.5, 0.6) is 0 Å². The molecule has 1 aliphatic rings. The van der Waals surface area contributed by atoms with E-state index in [1.165, 1.54) is 6.42 Å². The topological polar surface area (TPSA) is 62.7 Å². The number of hydrogen-bond acceptors (Lipinski definition) is 5. The molecule has 0 spiro atoms. The predicted octanol–water partition coefficient (Wildman–Crippen LogP) is 2.05. The van der Waals surface area contributed by atoms with E-state index in [4.69, 9.17) is 4.98 Å². The van der Waals surface area contributed by atoms with E-state index in [1.54, 1.807) is 6.20 Å². The summed E-state index contributed by atoms with van der Waals surface area (Å²) in [7, 11) is 1.89. The van der Waals surface area contributed by atoms with Crippen LogP contribution in [0, 0.1) is 0 Å². The first-order valence-corrected chi connectivity index (χ1v) is 7.04. The molecule has 0 radical (unpaired) electrons. The minimum absolute atomic E-state index is 0.396. The lowest BCUT2D eigenvalue weighted by Crippen LogP contribution is -2.29. The Labute approximate surface area is 118 Å². The van der Waals surface area contributed by atoms with Gasteiger partial charge >= 0.3 is 0 Å². The molecule has 1 fully saturated rings. The lowest BCUT2D eigenvalue weighted by molar-refractivity contribution is 0.447. The highest BCUT2D eigenvalue weighted by Crippen LogP contribution is 2.25. The zero-order valence-corrected chi connectivity index (χ0v) is 11.6. The second-order valence-corrected chi connectivity index (χ2v) is 5.03. The minimum atomic E-state index is 0.396. The quantitative estimate of drug-likeness (QED) is 0.893. The van der Waals surface area contributed by atoms with Crippen molar-refractivity contribution in [2.75, 3.05) is 25.5 Å². The Kier molecular flexibility index (Phi) is 3.87. The molecule has 1 unspecified atom stereocenters.